The van der Waals surface area contributed by atoms with E-state index in [9.17, 15) is 10.2 Å². The quantitative estimate of drug-likeness (QED) is 0.485. The topological polar surface area (TPSA) is 60.7 Å². The lowest BCUT2D eigenvalue weighted by Gasteiger charge is -2.09. The van der Waals surface area contributed by atoms with Crippen LogP contribution in [-0.2, 0) is 0 Å². The van der Waals surface area contributed by atoms with E-state index in [1.165, 1.54) is 18.2 Å². The Balaban J connectivity index is 3.07. The molecule has 3 nitrogen and oxygen atoms in total. The minimum atomic E-state index is -0.946. The molecule has 0 aromatic heterocycles. The van der Waals surface area contributed by atoms with Crippen molar-refractivity contribution >= 4 is 11.6 Å². The highest BCUT2D eigenvalue weighted by atomic mass is 35.5. The zero-order valence-corrected chi connectivity index (χ0v) is 6.99. The average molecular weight is 189 g/mol. The lowest BCUT2D eigenvalue weighted by Crippen LogP contribution is -1.98. The smallest absolute Gasteiger partial charge is 0.163 e. The number of hydrogen-bond donors (Lipinski definition) is 3. The molecule has 0 aliphatic rings. The molecule has 0 amide bonds. The van der Waals surface area contributed by atoms with Gasteiger partial charge < -0.3 is 15.3 Å². The Morgan fingerprint density at radius 2 is 2.00 bits per heavy atom. The van der Waals surface area contributed by atoms with Gasteiger partial charge in [-0.2, -0.15) is 0 Å². The number of phenols is 2. The van der Waals surface area contributed by atoms with Gasteiger partial charge in [-0.15, -0.1) is 11.6 Å². The van der Waals surface area contributed by atoms with Crippen molar-refractivity contribution in [3.8, 4) is 11.5 Å². The van der Waals surface area contributed by atoms with E-state index in [0.717, 1.165) is 0 Å². The summed E-state index contributed by atoms with van der Waals surface area (Å²) in [6.07, 6.45) is -0.946. The second-order valence-corrected chi connectivity index (χ2v) is 2.69. The first-order valence-corrected chi connectivity index (χ1v) is 3.95. The molecule has 4 heteroatoms. The van der Waals surface area contributed by atoms with Gasteiger partial charge in [-0.25, -0.2) is 0 Å². The summed E-state index contributed by atoms with van der Waals surface area (Å²) in [6.45, 7) is 0. The standard InChI is InChI=1S/C8H9ClO3/c9-4-7(11)5-2-1-3-6(10)8(5)12/h1-3,7,10-12H,4H2. The van der Waals surface area contributed by atoms with Gasteiger partial charge in [0.2, 0.25) is 0 Å². The van der Waals surface area contributed by atoms with Crippen LogP contribution in [0.15, 0.2) is 18.2 Å². The van der Waals surface area contributed by atoms with Crippen LogP contribution in [0.4, 0.5) is 0 Å². The number of phenolic OH excluding ortho intramolecular Hbond substituents is 2. The van der Waals surface area contributed by atoms with Crippen LogP contribution in [-0.4, -0.2) is 21.2 Å². The van der Waals surface area contributed by atoms with Crippen molar-refractivity contribution < 1.29 is 15.3 Å². The van der Waals surface area contributed by atoms with E-state index in [1.54, 1.807) is 0 Å². The van der Waals surface area contributed by atoms with Crippen molar-refractivity contribution in [1.82, 2.24) is 0 Å². The number of hydrogen-bond acceptors (Lipinski definition) is 3. The summed E-state index contributed by atoms with van der Waals surface area (Å²) in [5.41, 5.74) is 0.241. The predicted molar refractivity (Wildman–Crippen MR) is 45.5 cm³/mol. The molecule has 0 aliphatic heterocycles. The molecule has 0 spiro atoms. The second-order valence-electron chi connectivity index (χ2n) is 2.39. The van der Waals surface area contributed by atoms with Gasteiger partial charge in [-0.1, -0.05) is 12.1 Å². The van der Waals surface area contributed by atoms with E-state index in [2.05, 4.69) is 0 Å². The van der Waals surface area contributed by atoms with Gasteiger partial charge in [-0.05, 0) is 6.07 Å². The first-order chi connectivity index (χ1) is 5.66. The Hall–Kier alpha value is -0.930. The van der Waals surface area contributed by atoms with Crippen molar-refractivity contribution in [1.29, 1.82) is 0 Å². The summed E-state index contributed by atoms with van der Waals surface area (Å²) in [5.74, 6) is -0.584. The number of aliphatic hydroxyl groups is 1. The Bertz CT molecular complexity index is 275. The van der Waals surface area contributed by atoms with E-state index in [-0.39, 0.29) is 22.9 Å². The third-order valence-corrected chi connectivity index (χ3v) is 1.84. The van der Waals surface area contributed by atoms with Crippen molar-refractivity contribution in [2.75, 3.05) is 5.88 Å². The van der Waals surface area contributed by atoms with Crippen molar-refractivity contribution in [2.45, 2.75) is 6.10 Å². The number of aromatic hydroxyl groups is 2. The molecule has 1 aromatic carbocycles. The van der Waals surface area contributed by atoms with Crippen LogP contribution < -0.4 is 0 Å². The van der Waals surface area contributed by atoms with Crippen molar-refractivity contribution in [2.24, 2.45) is 0 Å². The van der Waals surface area contributed by atoms with Crippen LogP contribution in [0.1, 0.15) is 11.7 Å². The van der Waals surface area contributed by atoms with Gasteiger partial charge in [-0.3, -0.25) is 0 Å². The molecule has 0 saturated carbocycles. The highest BCUT2D eigenvalue weighted by Crippen LogP contribution is 2.32. The lowest BCUT2D eigenvalue weighted by atomic mass is 10.1. The molecule has 3 N–H and O–H groups in total. The Morgan fingerprint density at radius 1 is 1.33 bits per heavy atom. The summed E-state index contributed by atoms with van der Waals surface area (Å²) >= 11 is 5.37. The van der Waals surface area contributed by atoms with Gasteiger partial charge in [0.15, 0.2) is 11.5 Å². The molecule has 1 atom stereocenters. The maximum Gasteiger partial charge on any atom is 0.163 e. The van der Waals surface area contributed by atoms with E-state index in [0.29, 0.717) is 0 Å². The molecule has 0 fully saturated rings. The molecule has 1 aromatic rings. The lowest BCUT2D eigenvalue weighted by molar-refractivity contribution is 0.197. The zero-order valence-electron chi connectivity index (χ0n) is 6.24. The van der Waals surface area contributed by atoms with Crippen molar-refractivity contribution in [3.05, 3.63) is 23.8 Å². The average Bonchev–Trinajstić information content (AvgIpc) is 2.08. The third kappa shape index (κ3) is 1.62. The molecule has 0 heterocycles. The van der Waals surface area contributed by atoms with Crippen LogP contribution in [0, 0.1) is 0 Å². The van der Waals surface area contributed by atoms with Crippen molar-refractivity contribution in [3.63, 3.8) is 0 Å². The summed E-state index contributed by atoms with van der Waals surface area (Å²) in [7, 11) is 0. The SMILES string of the molecule is Oc1cccc(C(O)CCl)c1O. The number of halogens is 1. The Kier molecular flexibility index (Phi) is 2.78. The van der Waals surface area contributed by atoms with E-state index in [1.807, 2.05) is 0 Å². The highest BCUT2D eigenvalue weighted by Gasteiger charge is 2.12. The first-order valence-electron chi connectivity index (χ1n) is 3.41. The Labute approximate surface area is 74.8 Å². The largest absolute Gasteiger partial charge is 0.504 e. The minimum Gasteiger partial charge on any atom is -0.504 e. The fraction of sp³-hybridized carbons (Fsp3) is 0.250. The third-order valence-electron chi connectivity index (χ3n) is 1.55. The molecule has 1 rings (SSSR count). The highest BCUT2D eigenvalue weighted by molar-refractivity contribution is 6.18. The fourth-order valence-corrected chi connectivity index (χ4v) is 1.07. The molecular formula is C8H9ClO3. The number of alkyl halides is 1. The zero-order chi connectivity index (χ0) is 9.14. The summed E-state index contributed by atoms with van der Waals surface area (Å²) < 4.78 is 0. The molecule has 1 unspecified atom stereocenters. The second kappa shape index (κ2) is 3.65. The van der Waals surface area contributed by atoms with Crippen LogP contribution in [0.25, 0.3) is 0 Å². The van der Waals surface area contributed by atoms with Crippen LogP contribution in [0.3, 0.4) is 0 Å². The van der Waals surface area contributed by atoms with Gasteiger partial charge in [0, 0.05) is 5.56 Å². The minimum absolute atomic E-state index is 0.0169. The fourth-order valence-electron chi connectivity index (χ4n) is 0.901. The predicted octanol–water partition coefficient (Wildman–Crippen LogP) is 1.37. The Morgan fingerprint density at radius 3 is 2.58 bits per heavy atom. The number of aliphatic hydroxyl groups excluding tert-OH is 1. The maximum absolute atomic E-state index is 9.23. The molecule has 66 valence electrons. The summed E-state index contributed by atoms with van der Waals surface area (Å²) in [5, 5.41) is 27.5. The number of benzene rings is 1. The van der Waals surface area contributed by atoms with Gasteiger partial charge in [0.05, 0.1) is 12.0 Å². The van der Waals surface area contributed by atoms with E-state index >= 15 is 0 Å². The molecule has 0 bridgehead atoms. The van der Waals surface area contributed by atoms with Gasteiger partial charge in [0.25, 0.3) is 0 Å². The molecule has 12 heavy (non-hydrogen) atoms. The molecule has 0 aliphatic carbocycles. The van der Waals surface area contributed by atoms with E-state index in [4.69, 9.17) is 16.7 Å². The molecular weight excluding hydrogens is 180 g/mol. The van der Waals surface area contributed by atoms with Gasteiger partial charge in [0.1, 0.15) is 0 Å². The summed E-state index contributed by atoms with van der Waals surface area (Å²) in [6, 6.07) is 4.36. The van der Waals surface area contributed by atoms with Gasteiger partial charge >= 0.3 is 0 Å². The molecule has 0 radical (unpaired) electrons. The number of rotatable bonds is 2. The van der Waals surface area contributed by atoms with E-state index < -0.39 is 6.10 Å². The maximum atomic E-state index is 9.23. The first kappa shape index (κ1) is 9.16. The molecule has 0 saturated heterocycles. The van der Waals surface area contributed by atoms with Crippen LogP contribution in [0.2, 0.25) is 0 Å². The van der Waals surface area contributed by atoms with Crippen LogP contribution in [0.5, 0.6) is 11.5 Å². The normalized spacial score (nSPS) is 12.8. The number of para-hydroxylation sites is 1. The summed E-state index contributed by atoms with van der Waals surface area (Å²) in [4.78, 5) is 0. The monoisotopic (exact) mass is 188 g/mol. The van der Waals surface area contributed by atoms with Crippen LogP contribution >= 0.6 is 11.6 Å².